The number of anilines is 2. The third-order valence-electron chi connectivity index (χ3n) is 5.25. The molecule has 0 amide bonds. The number of hydrogen-bond donors (Lipinski definition) is 2. The number of sulfonamides is 1. The van der Waals surface area contributed by atoms with Gasteiger partial charge in [0.1, 0.15) is 5.69 Å². The van der Waals surface area contributed by atoms with Crippen LogP contribution in [0.2, 0.25) is 0 Å². The van der Waals surface area contributed by atoms with E-state index in [9.17, 15) is 12.8 Å². The van der Waals surface area contributed by atoms with Crippen molar-refractivity contribution in [2.75, 3.05) is 36.5 Å². The molecule has 1 aliphatic carbocycles. The van der Waals surface area contributed by atoms with Gasteiger partial charge < -0.3 is 10.6 Å². The third-order valence-corrected chi connectivity index (χ3v) is 7.68. The molecule has 0 bridgehead atoms. The molecule has 4 rings (SSSR count). The van der Waals surface area contributed by atoms with Gasteiger partial charge in [0.2, 0.25) is 16.0 Å². The van der Waals surface area contributed by atoms with Crippen LogP contribution in [0.25, 0.3) is 10.6 Å². The normalized spacial score (nSPS) is 18.7. The van der Waals surface area contributed by atoms with E-state index in [2.05, 4.69) is 25.6 Å². The van der Waals surface area contributed by atoms with Crippen molar-refractivity contribution in [2.45, 2.75) is 38.6 Å². The van der Waals surface area contributed by atoms with Crippen LogP contribution in [0.4, 0.5) is 15.5 Å². The summed E-state index contributed by atoms with van der Waals surface area (Å²) in [7, 11) is -3.17. The predicted molar refractivity (Wildman–Crippen MR) is 112 cm³/mol. The van der Waals surface area contributed by atoms with Gasteiger partial charge in [0, 0.05) is 25.7 Å². The van der Waals surface area contributed by atoms with Crippen LogP contribution in [0.5, 0.6) is 0 Å². The van der Waals surface area contributed by atoms with Crippen LogP contribution < -0.4 is 10.6 Å². The standard InChI is InChI=1S/C18H25FN6O2S2/c1-11-16(28-18(22-11)21-9-12-3-4-12)15-14(19)10-20-17(24-15)23-13-5-7-25(8-6-13)29(2,26)27/h10,12-13H,3-9H2,1-2H3,(H,21,22)(H,20,23,24). The average Bonchev–Trinajstić information content (AvgIpc) is 3.43. The molecule has 11 heteroatoms. The van der Waals surface area contributed by atoms with E-state index in [0.717, 1.165) is 23.3 Å². The average molecular weight is 441 g/mol. The van der Waals surface area contributed by atoms with Gasteiger partial charge in [-0.25, -0.2) is 32.1 Å². The Morgan fingerprint density at radius 3 is 2.62 bits per heavy atom. The molecule has 1 saturated heterocycles. The van der Waals surface area contributed by atoms with Crippen molar-refractivity contribution in [1.82, 2.24) is 19.3 Å². The smallest absolute Gasteiger partial charge is 0.223 e. The molecule has 2 aromatic rings. The molecule has 2 N–H and O–H groups in total. The predicted octanol–water partition coefficient (Wildman–Crippen LogP) is 2.71. The van der Waals surface area contributed by atoms with Gasteiger partial charge >= 0.3 is 0 Å². The number of nitrogens with one attached hydrogen (secondary N) is 2. The van der Waals surface area contributed by atoms with Gasteiger partial charge in [-0.2, -0.15) is 0 Å². The Labute approximate surface area is 174 Å². The van der Waals surface area contributed by atoms with Crippen molar-refractivity contribution < 1.29 is 12.8 Å². The zero-order valence-electron chi connectivity index (χ0n) is 16.5. The van der Waals surface area contributed by atoms with Crippen LogP contribution in [0, 0.1) is 18.7 Å². The Bertz CT molecular complexity index is 984. The van der Waals surface area contributed by atoms with E-state index in [-0.39, 0.29) is 11.7 Å². The summed E-state index contributed by atoms with van der Waals surface area (Å²) in [5, 5.41) is 7.33. The molecule has 1 aliphatic heterocycles. The van der Waals surface area contributed by atoms with E-state index >= 15 is 0 Å². The number of halogens is 1. The highest BCUT2D eigenvalue weighted by Crippen LogP contribution is 2.35. The fourth-order valence-electron chi connectivity index (χ4n) is 3.36. The number of aromatic nitrogens is 3. The highest BCUT2D eigenvalue weighted by molar-refractivity contribution is 7.88. The second-order valence-electron chi connectivity index (χ2n) is 7.73. The van der Waals surface area contributed by atoms with E-state index in [1.54, 1.807) is 0 Å². The summed E-state index contributed by atoms with van der Waals surface area (Å²) < 4.78 is 39.2. The zero-order chi connectivity index (χ0) is 20.6. The second-order valence-corrected chi connectivity index (χ2v) is 10.7. The Hall–Kier alpha value is -1.85. The summed E-state index contributed by atoms with van der Waals surface area (Å²) >= 11 is 1.40. The lowest BCUT2D eigenvalue weighted by Crippen LogP contribution is -2.42. The molecule has 0 atom stereocenters. The molecule has 0 radical (unpaired) electrons. The number of piperidine rings is 1. The first-order valence-electron chi connectivity index (χ1n) is 9.75. The maximum atomic E-state index is 14.5. The Balaban J connectivity index is 1.45. The van der Waals surface area contributed by atoms with Gasteiger partial charge in [-0.3, -0.25) is 0 Å². The number of nitrogens with zero attached hydrogens (tertiary/aromatic N) is 4. The molecule has 2 aromatic heterocycles. The lowest BCUT2D eigenvalue weighted by molar-refractivity contribution is 0.331. The fourth-order valence-corrected chi connectivity index (χ4v) is 5.19. The minimum Gasteiger partial charge on any atom is -0.361 e. The van der Waals surface area contributed by atoms with Crippen LogP contribution in [0.3, 0.4) is 0 Å². The monoisotopic (exact) mass is 440 g/mol. The Morgan fingerprint density at radius 2 is 1.97 bits per heavy atom. The van der Waals surface area contributed by atoms with Gasteiger partial charge in [0.05, 0.1) is 23.0 Å². The van der Waals surface area contributed by atoms with E-state index in [1.165, 1.54) is 40.9 Å². The first-order valence-corrected chi connectivity index (χ1v) is 12.4. The first-order chi connectivity index (χ1) is 13.8. The van der Waals surface area contributed by atoms with E-state index in [0.29, 0.717) is 36.8 Å². The summed E-state index contributed by atoms with van der Waals surface area (Å²) in [6.45, 7) is 3.66. The van der Waals surface area contributed by atoms with E-state index in [1.807, 2.05) is 6.92 Å². The van der Waals surface area contributed by atoms with Crippen LogP contribution in [0.15, 0.2) is 6.20 Å². The maximum absolute atomic E-state index is 14.5. The van der Waals surface area contributed by atoms with Crippen molar-refractivity contribution >= 4 is 32.4 Å². The molecular formula is C18H25FN6O2S2. The van der Waals surface area contributed by atoms with Gasteiger partial charge in [-0.05, 0) is 38.5 Å². The number of thiazole rings is 1. The Morgan fingerprint density at radius 1 is 1.24 bits per heavy atom. The van der Waals surface area contributed by atoms with Gasteiger partial charge in [-0.1, -0.05) is 11.3 Å². The molecular weight excluding hydrogens is 415 g/mol. The van der Waals surface area contributed by atoms with Gasteiger partial charge in [0.15, 0.2) is 10.9 Å². The highest BCUT2D eigenvalue weighted by Gasteiger charge is 2.26. The molecule has 2 aliphatic rings. The second kappa shape index (κ2) is 8.11. The van der Waals surface area contributed by atoms with Gasteiger partial charge in [0.25, 0.3) is 0 Å². The first kappa shape index (κ1) is 20.4. The van der Waals surface area contributed by atoms with E-state index in [4.69, 9.17) is 0 Å². The number of rotatable bonds is 7. The van der Waals surface area contributed by atoms with Crippen LogP contribution in [0.1, 0.15) is 31.4 Å². The van der Waals surface area contributed by atoms with Crippen LogP contribution in [-0.2, 0) is 10.0 Å². The SMILES string of the molecule is Cc1nc(NCC2CC2)sc1-c1nc(NC2CCN(S(C)(=O)=O)CC2)ncc1F. The van der Waals surface area contributed by atoms with Crippen molar-refractivity contribution in [2.24, 2.45) is 5.92 Å². The topological polar surface area (TPSA) is 100 Å². The molecule has 0 aromatic carbocycles. The van der Waals surface area contributed by atoms with Crippen molar-refractivity contribution in [3.63, 3.8) is 0 Å². The molecule has 0 spiro atoms. The largest absolute Gasteiger partial charge is 0.361 e. The highest BCUT2D eigenvalue weighted by atomic mass is 32.2. The maximum Gasteiger partial charge on any atom is 0.223 e. The molecule has 3 heterocycles. The summed E-state index contributed by atoms with van der Waals surface area (Å²) in [5.74, 6) is 0.589. The minimum absolute atomic E-state index is 0.0460. The van der Waals surface area contributed by atoms with Crippen LogP contribution in [-0.4, -0.2) is 59.6 Å². The van der Waals surface area contributed by atoms with Crippen molar-refractivity contribution in [3.05, 3.63) is 17.7 Å². The molecule has 8 nitrogen and oxygen atoms in total. The summed E-state index contributed by atoms with van der Waals surface area (Å²) in [6, 6.07) is 0.0460. The molecule has 0 unspecified atom stereocenters. The summed E-state index contributed by atoms with van der Waals surface area (Å²) in [6.07, 6.45) is 6.20. The molecule has 1 saturated carbocycles. The van der Waals surface area contributed by atoms with Crippen molar-refractivity contribution in [3.8, 4) is 10.6 Å². The lowest BCUT2D eigenvalue weighted by Gasteiger charge is -2.30. The lowest BCUT2D eigenvalue weighted by atomic mass is 10.1. The minimum atomic E-state index is -3.17. The van der Waals surface area contributed by atoms with E-state index < -0.39 is 15.8 Å². The van der Waals surface area contributed by atoms with Gasteiger partial charge in [-0.15, -0.1) is 0 Å². The Kier molecular flexibility index (Phi) is 5.71. The fraction of sp³-hybridized carbons (Fsp3) is 0.611. The number of hydrogen-bond acceptors (Lipinski definition) is 8. The third kappa shape index (κ3) is 5.01. The molecule has 29 heavy (non-hydrogen) atoms. The molecule has 158 valence electrons. The summed E-state index contributed by atoms with van der Waals surface area (Å²) in [5.41, 5.74) is 0.976. The molecule has 2 fully saturated rings. The zero-order valence-corrected chi connectivity index (χ0v) is 18.1. The number of aryl methyl sites for hydroxylation is 1. The van der Waals surface area contributed by atoms with Crippen LogP contribution >= 0.6 is 11.3 Å². The quantitative estimate of drug-likeness (QED) is 0.683. The summed E-state index contributed by atoms with van der Waals surface area (Å²) in [4.78, 5) is 13.7. The van der Waals surface area contributed by atoms with Crippen molar-refractivity contribution in [1.29, 1.82) is 0 Å².